The van der Waals surface area contributed by atoms with Gasteiger partial charge in [-0.3, -0.25) is 9.88 Å². The van der Waals surface area contributed by atoms with E-state index in [0.717, 1.165) is 24.8 Å². The lowest BCUT2D eigenvalue weighted by Gasteiger charge is -2.27. The Labute approximate surface area is 115 Å². The fraction of sp³-hybridized carbons (Fsp3) is 0.667. The zero-order valence-corrected chi connectivity index (χ0v) is 11.8. The van der Waals surface area contributed by atoms with E-state index in [0.29, 0.717) is 0 Å². The van der Waals surface area contributed by atoms with Crippen molar-refractivity contribution in [3.8, 4) is 0 Å². The Morgan fingerprint density at radius 3 is 2.84 bits per heavy atom. The van der Waals surface area contributed by atoms with E-state index in [1.165, 1.54) is 38.0 Å². The number of fused-ring (bicyclic) bond motifs is 1. The van der Waals surface area contributed by atoms with Crippen LogP contribution in [0.15, 0.2) is 18.3 Å². The van der Waals surface area contributed by atoms with Crippen molar-refractivity contribution in [1.82, 2.24) is 9.88 Å². The molecule has 104 valence electrons. The summed E-state index contributed by atoms with van der Waals surface area (Å²) in [4.78, 5) is 9.64. The first-order valence-electron chi connectivity index (χ1n) is 7.44. The number of hydrogen-bond acceptors (Lipinski definition) is 4. The molecule has 0 amide bonds. The number of rotatable bonds is 2. The second-order valence-electron chi connectivity index (χ2n) is 5.86. The Morgan fingerprint density at radius 2 is 2.11 bits per heavy atom. The van der Waals surface area contributed by atoms with Crippen molar-refractivity contribution >= 4 is 5.69 Å². The van der Waals surface area contributed by atoms with Crippen molar-refractivity contribution in [1.29, 1.82) is 0 Å². The molecule has 0 aliphatic carbocycles. The summed E-state index contributed by atoms with van der Waals surface area (Å²) in [6.07, 6.45) is 5.96. The minimum atomic E-state index is 0.0171. The Morgan fingerprint density at radius 1 is 1.26 bits per heavy atom. The van der Waals surface area contributed by atoms with E-state index >= 15 is 0 Å². The fourth-order valence-electron chi connectivity index (χ4n) is 3.30. The highest BCUT2D eigenvalue weighted by Gasteiger charge is 2.28. The first-order chi connectivity index (χ1) is 9.24. The number of hydrogen-bond donors (Lipinski definition) is 1. The van der Waals surface area contributed by atoms with Crippen LogP contribution in [-0.2, 0) is 0 Å². The predicted molar refractivity (Wildman–Crippen MR) is 78.3 cm³/mol. The van der Waals surface area contributed by atoms with E-state index in [1.54, 1.807) is 0 Å². The maximum atomic E-state index is 5.85. The molecule has 1 aromatic heterocycles. The largest absolute Gasteiger partial charge is 0.369 e. The van der Waals surface area contributed by atoms with Crippen LogP contribution in [0, 0.1) is 0 Å². The number of nitrogens with two attached hydrogens (primary N) is 1. The normalized spacial score (nSPS) is 26.0. The van der Waals surface area contributed by atoms with Crippen molar-refractivity contribution in [3.05, 3.63) is 24.0 Å². The summed E-state index contributed by atoms with van der Waals surface area (Å²) in [6, 6.07) is 5.01. The van der Waals surface area contributed by atoms with Crippen LogP contribution in [0.25, 0.3) is 0 Å². The Balaban J connectivity index is 1.73. The Kier molecular flexibility index (Phi) is 3.71. The Bertz CT molecular complexity index is 415. The molecule has 0 aromatic carbocycles. The van der Waals surface area contributed by atoms with E-state index in [9.17, 15) is 0 Å². The van der Waals surface area contributed by atoms with Gasteiger partial charge < -0.3 is 10.6 Å². The third kappa shape index (κ3) is 2.74. The quantitative estimate of drug-likeness (QED) is 0.880. The van der Waals surface area contributed by atoms with Crippen LogP contribution < -0.4 is 10.6 Å². The highest BCUT2D eigenvalue weighted by molar-refractivity contribution is 5.45. The minimum Gasteiger partial charge on any atom is -0.369 e. The van der Waals surface area contributed by atoms with Crippen molar-refractivity contribution in [2.24, 2.45) is 5.73 Å². The summed E-state index contributed by atoms with van der Waals surface area (Å²) in [7, 11) is 0. The molecule has 4 nitrogen and oxygen atoms in total. The van der Waals surface area contributed by atoms with Gasteiger partial charge in [-0.05, 0) is 44.9 Å². The van der Waals surface area contributed by atoms with Crippen LogP contribution in [0.5, 0.6) is 0 Å². The van der Waals surface area contributed by atoms with Crippen LogP contribution in [0.2, 0.25) is 0 Å². The van der Waals surface area contributed by atoms with Gasteiger partial charge in [0.05, 0.1) is 17.6 Å². The molecular formula is C15H24N4. The number of nitrogens with zero attached hydrogens (tertiary/aromatic N) is 3. The van der Waals surface area contributed by atoms with Crippen LogP contribution in [0.3, 0.4) is 0 Å². The molecule has 2 saturated heterocycles. The fourth-order valence-corrected chi connectivity index (χ4v) is 3.30. The molecule has 2 atom stereocenters. The maximum absolute atomic E-state index is 5.85. The average molecular weight is 260 g/mol. The molecule has 1 unspecified atom stereocenters. The molecule has 4 heteroatoms. The van der Waals surface area contributed by atoms with Crippen LogP contribution >= 0.6 is 0 Å². The van der Waals surface area contributed by atoms with Gasteiger partial charge in [0.1, 0.15) is 0 Å². The van der Waals surface area contributed by atoms with Crippen molar-refractivity contribution in [2.75, 3.05) is 31.1 Å². The molecule has 0 spiro atoms. The molecule has 3 rings (SSSR count). The van der Waals surface area contributed by atoms with Crippen molar-refractivity contribution < 1.29 is 0 Å². The standard InChI is InChI=1S/C15H24N4/c1-12(16)15-6-5-13(10-17-15)19-9-3-8-18-7-2-4-14(18)11-19/h5-6,10,12,14H,2-4,7-9,11,16H2,1H3/t12-,14?/m1/s1. The summed E-state index contributed by atoms with van der Waals surface area (Å²) in [5, 5.41) is 0. The van der Waals surface area contributed by atoms with Gasteiger partial charge in [-0.2, -0.15) is 0 Å². The third-order valence-corrected chi connectivity index (χ3v) is 4.41. The van der Waals surface area contributed by atoms with E-state index < -0.39 is 0 Å². The summed E-state index contributed by atoms with van der Waals surface area (Å²) < 4.78 is 0. The van der Waals surface area contributed by atoms with Crippen LogP contribution in [0.4, 0.5) is 5.69 Å². The second kappa shape index (κ2) is 5.47. The van der Waals surface area contributed by atoms with Gasteiger partial charge >= 0.3 is 0 Å². The smallest absolute Gasteiger partial charge is 0.0569 e. The Hall–Kier alpha value is -1.13. The molecule has 0 saturated carbocycles. The topological polar surface area (TPSA) is 45.4 Å². The summed E-state index contributed by atoms with van der Waals surface area (Å²) in [6.45, 7) is 6.82. The minimum absolute atomic E-state index is 0.0171. The molecule has 3 heterocycles. The predicted octanol–water partition coefficient (Wildman–Crippen LogP) is 1.78. The first-order valence-corrected chi connectivity index (χ1v) is 7.44. The van der Waals surface area contributed by atoms with Crippen molar-refractivity contribution in [3.63, 3.8) is 0 Å². The van der Waals surface area contributed by atoms with E-state index in [1.807, 2.05) is 13.1 Å². The number of pyridine rings is 1. The molecule has 1 aromatic rings. The summed E-state index contributed by atoms with van der Waals surface area (Å²) >= 11 is 0. The van der Waals surface area contributed by atoms with Gasteiger partial charge in [0, 0.05) is 31.7 Å². The summed E-state index contributed by atoms with van der Waals surface area (Å²) in [5.41, 5.74) is 8.08. The van der Waals surface area contributed by atoms with Crippen LogP contribution in [-0.4, -0.2) is 42.1 Å². The van der Waals surface area contributed by atoms with E-state index in [-0.39, 0.29) is 6.04 Å². The zero-order chi connectivity index (χ0) is 13.2. The van der Waals surface area contributed by atoms with Gasteiger partial charge in [-0.15, -0.1) is 0 Å². The molecule has 2 aliphatic heterocycles. The molecule has 0 radical (unpaired) electrons. The molecular weight excluding hydrogens is 236 g/mol. The lowest BCUT2D eigenvalue weighted by molar-refractivity contribution is 0.273. The molecule has 0 bridgehead atoms. The SMILES string of the molecule is C[C@@H](N)c1ccc(N2CCCN3CCCC3C2)cn1. The van der Waals surface area contributed by atoms with Gasteiger partial charge in [0.2, 0.25) is 0 Å². The molecule has 2 fully saturated rings. The first kappa shape index (κ1) is 12.9. The molecule has 2 N–H and O–H groups in total. The highest BCUT2D eigenvalue weighted by atomic mass is 15.3. The number of aromatic nitrogens is 1. The zero-order valence-electron chi connectivity index (χ0n) is 11.8. The maximum Gasteiger partial charge on any atom is 0.0569 e. The monoisotopic (exact) mass is 260 g/mol. The van der Waals surface area contributed by atoms with E-state index in [2.05, 4.69) is 26.9 Å². The van der Waals surface area contributed by atoms with Gasteiger partial charge in [0.25, 0.3) is 0 Å². The molecule has 19 heavy (non-hydrogen) atoms. The highest BCUT2D eigenvalue weighted by Crippen LogP contribution is 2.25. The lowest BCUT2D eigenvalue weighted by atomic mass is 10.2. The lowest BCUT2D eigenvalue weighted by Crippen LogP contribution is -2.36. The average Bonchev–Trinajstić information content (AvgIpc) is 2.76. The number of anilines is 1. The van der Waals surface area contributed by atoms with Gasteiger partial charge in [0.15, 0.2) is 0 Å². The molecule has 2 aliphatic rings. The van der Waals surface area contributed by atoms with Crippen molar-refractivity contribution in [2.45, 2.75) is 38.3 Å². The summed E-state index contributed by atoms with van der Waals surface area (Å²) in [5.74, 6) is 0. The second-order valence-corrected chi connectivity index (χ2v) is 5.86. The van der Waals surface area contributed by atoms with Crippen LogP contribution in [0.1, 0.15) is 37.9 Å². The van der Waals surface area contributed by atoms with Gasteiger partial charge in [-0.25, -0.2) is 0 Å². The third-order valence-electron chi connectivity index (χ3n) is 4.41. The van der Waals surface area contributed by atoms with Gasteiger partial charge in [-0.1, -0.05) is 0 Å². The van der Waals surface area contributed by atoms with E-state index in [4.69, 9.17) is 5.73 Å².